The third kappa shape index (κ3) is 4.63. The van der Waals surface area contributed by atoms with Crippen molar-refractivity contribution in [2.75, 3.05) is 7.11 Å². The minimum atomic E-state index is -0.0773. The topological polar surface area (TPSA) is 90.1 Å². The highest BCUT2D eigenvalue weighted by Crippen LogP contribution is 2.15. The Bertz CT molecular complexity index is 833. The zero-order valence-electron chi connectivity index (χ0n) is 13.8. The van der Waals surface area contributed by atoms with Crippen molar-refractivity contribution in [3.8, 4) is 17.1 Å². The van der Waals surface area contributed by atoms with E-state index in [0.29, 0.717) is 24.7 Å². The number of hydrogen-bond donors (Lipinski definition) is 1. The Hall–Kier alpha value is -3.22. The number of methoxy groups -OCH3 is 1. The number of carbonyl (C=O) groups excluding carboxylic acids is 1. The second-order valence-corrected chi connectivity index (χ2v) is 5.38. The van der Waals surface area contributed by atoms with E-state index in [2.05, 4.69) is 20.4 Å². The zero-order chi connectivity index (χ0) is 17.5. The molecule has 0 aliphatic rings. The number of amides is 1. The molecule has 7 nitrogen and oxygen atoms in total. The number of pyridine rings is 1. The SMILES string of the molecule is COc1cccc(CNC(=O)CCc2nc(-c3ccncc3)no2)c1. The molecule has 3 rings (SSSR count). The molecule has 0 spiro atoms. The van der Waals surface area contributed by atoms with Gasteiger partial charge in [0.2, 0.25) is 17.6 Å². The molecule has 7 heteroatoms. The second-order valence-electron chi connectivity index (χ2n) is 5.38. The molecule has 0 aliphatic carbocycles. The van der Waals surface area contributed by atoms with Gasteiger partial charge < -0.3 is 14.6 Å². The number of hydrogen-bond acceptors (Lipinski definition) is 6. The Morgan fingerprint density at radius 1 is 1.24 bits per heavy atom. The standard InChI is InChI=1S/C18H18N4O3/c1-24-15-4-2-3-13(11-15)12-20-16(23)5-6-17-21-18(22-25-17)14-7-9-19-10-8-14/h2-4,7-11H,5-6,12H2,1H3,(H,20,23). The van der Waals surface area contributed by atoms with E-state index in [1.54, 1.807) is 31.6 Å². The first-order valence-electron chi connectivity index (χ1n) is 7.87. The molecule has 25 heavy (non-hydrogen) atoms. The third-order valence-electron chi connectivity index (χ3n) is 3.60. The van der Waals surface area contributed by atoms with Gasteiger partial charge in [-0.05, 0) is 29.8 Å². The van der Waals surface area contributed by atoms with Gasteiger partial charge in [-0.15, -0.1) is 0 Å². The first kappa shape index (κ1) is 16.6. The van der Waals surface area contributed by atoms with Crippen molar-refractivity contribution in [1.82, 2.24) is 20.4 Å². The first-order chi connectivity index (χ1) is 12.2. The zero-order valence-corrected chi connectivity index (χ0v) is 13.8. The molecule has 0 bridgehead atoms. The molecule has 0 atom stereocenters. The van der Waals surface area contributed by atoms with Crippen molar-refractivity contribution in [1.29, 1.82) is 0 Å². The van der Waals surface area contributed by atoms with Gasteiger partial charge in [0.05, 0.1) is 7.11 Å². The molecular weight excluding hydrogens is 320 g/mol. The van der Waals surface area contributed by atoms with Gasteiger partial charge in [0, 0.05) is 37.3 Å². The van der Waals surface area contributed by atoms with Crippen LogP contribution in [0.1, 0.15) is 17.9 Å². The van der Waals surface area contributed by atoms with E-state index < -0.39 is 0 Å². The Morgan fingerprint density at radius 3 is 2.88 bits per heavy atom. The predicted molar refractivity (Wildman–Crippen MR) is 90.7 cm³/mol. The van der Waals surface area contributed by atoms with E-state index in [4.69, 9.17) is 9.26 Å². The highest BCUT2D eigenvalue weighted by molar-refractivity contribution is 5.76. The third-order valence-corrected chi connectivity index (χ3v) is 3.60. The predicted octanol–water partition coefficient (Wildman–Crippen LogP) is 2.39. The highest BCUT2D eigenvalue weighted by atomic mass is 16.5. The van der Waals surface area contributed by atoms with E-state index >= 15 is 0 Å². The van der Waals surface area contributed by atoms with E-state index in [1.165, 1.54) is 0 Å². The van der Waals surface area contributed by atoms with Crippen LogP contribution >= 0.6 is 0 Å². The lowest BCUT2D eigenvalue weighted by Crippen LogP contribution is -2.23. The van der Waals surface area contributed by atoms with Crippen molar-refractivity contribution in [3.05, 3.63) is 60.2 Å². The van der Waals surface area contributed by atoms with Gasteiger partial charge >= 0.3 is 0 Å². The summed E-state index contributed by atoms with van der Waals surface area (Å²) >= 11 is 0. The van der Waals surface area contributed by atoms with Gasteiger partial charge in [-0.25, -0.2) is 0 Å². The number of nitrogens with one attached hydrogen (secondary N) is 1. The number of carbonyl (C=O) groups is 1. The molecule has 0 unspecified atom stereocenters. The van der Waals surface area contributed by atoms with Crippen LogP contribution in [0.2, 0.25) is 0 Å². The van der Waals surface area contributed by atoms with Gasteiger partial charge in [-0.1, -0.05) is 17.3 Å². The first-order valence-corrected chi connectivity index (χ1v) is 7.87. The molecule has 2 aromatic heterocycles. The Labute approximate surface area is 145 Å². The van der Waals surface area contributed by atoms with Crippen LogP contribution in [0.15, 0.2) is 53.3 Å². The van der Waals surface area contributed by atoms with Crippen LogP contribution in [0.4, 0.5) is 0 Å². The van der Waals surface area contributed by atoms with Crippen LogP contribution in [-0.4, -0.2) is 28.1 Å². The summed E-state index contributed by atoms with van der Waals surface area (Å²) in [5, 5.41) is 6.78. The molecule has 0 aliphatic heterocycles. The molecule has 1 N–H and O–H groups in total. The number of aromatic nitrogens is 3. The summed E-state index contributed by atoms with van der Waals surface area (Å²) in [6.07, 6.45) is 4.00. The summed E-state index contributed by atoms with van der Waals surface area (Å²) < 4.78 is 10.3. The average Bonchev–Trinajstić information content (AvgIpc) is 3.15. The van der Waals surface area contributed by atoms with Crippen LogP contribution < -0.4 is 10.1 Å². The summed E-state index contributed by atoms with van der Waals surface area (Å²) in [6, 6.07) is 11.2. The van der Waals surface area contributed by atoms with E-state index in [9.17, 15) is 4.79 Å². The molecule has 0 radical (unpaired) electrons. The lowest BCUT2D eigenvalue weighted by molar-refractivity contribution is -0.121. The van der Waals surface area contributed by atoms with Gasteiger partial charge in [0.25, 0.3) is 0 Å². The number of nitrogens with zero attached hydrogens (tertiary/aromatic N) is 3. The minimum Gasteiger partial charge on any atom is -0.497 e. The molecule has 1 aromatic carbocycles. The molecule has 0 saturated carbocycles. The van der Waals surface area contributed by atoms with Crippen LogP contribution in [0.5, 0.6) is 5.75 Å². The van der Waals surface area contributed by atoms with Crippen LogP contribution in [0.3, 0.4) is 0 Å². The monoisotopic (exact) mass is 338 g/mol. The van der Waals surface area contributed by atoms with Crippen molar-refractivity contribution in [2.24, 2.45) is 0 Å². The fourth-order valence-corrected chi connectivity index (χ4v) is 2.27. The number of benzene rings is 1. The summed E-state index contributed by atoms with van der Waals surface area (Å²) in [4.78, 5) is 20.2. The lowest BCUT2D eigenvalue weighted by atomic mass is 10.2. The maximum atomic E-state index is 12.0. The molecule has 2 heterocycles. The largest absolute Gasteiger partial charge is 0.497 e. The fourth-order valence-electron chi connectivity index (χ4n) is 2.27. The van der Waals surface area contributed by atoms with E-state index in [0.717, 1.165) is 16.9 Å². The van der Waals surface area contributed by atoms with Gasteiger partial charge in [-0.2, -0.15) is 4.98 Å². The number of ether oxygens (including phenoxy) is 1. The maximum Gasteiger partial charge on any atom is 0.227 e. The van der Waals surface area contributed by atoms with Crippen LogP contribution in [0.25, 0.3) is 11.4 Å². The van der Waals surface area contributed by atoms with Crippen molar-refractivity contribution in [3.63, 3.8) is 0 Å². The van der Waals surface area contributed by atoms with Crippen LogP contribution in [-0.2, 0) is 17.8 Å². The summed E-state index contributed by atoms with van der Waals surface area (Å²) in [6.45, 7) is 0.447. The number of aryl methyl sites for hydroxylation is 1. The quantitative estimate of drug-likeness (QED) is 0.711. The van der Waals surface area contributed by atoms with Gasteiger partial charge in [-0.3, -0.25) is 9.78 Å². The minimum absolute atomic E-state index is 0.0773. The molecule has 0 saturated heterocycles. The van der Waals surface area contributed by atoms with Crippen molar-refractivity contribution < 1.29 is 14.1 Å². The maximum absolute atomic E-state index is 12.0. The molecule has 1 amide bonds. The van der Waals surface area contributed by atoms with Crippen LogP contribution in [0, 0.1) is 0 Å². The molecular formula is C18H18N4O3. The second kappa shape index (κ2) is 8.05. The number of rotatable bonds is 7. The lowest BCUT2D eigenvalue weighted by Gasteiger charge is -2.06. The van der Waals surface area contributed by atoms with E-state index in [1.807, 2.05) is 24.3 Å². The van der Waals surface area contributed by atoms with Gasteiger partial charge in [0.15, 0.2) is 0 Å². The normalized spacial score (nSPS) is 10.4. The Balaban J connectivity index is 1.48. The Morgan fingerprint density at radius 2 is 2.08 bits per heavy atom. The highest BCUT2D eigenvalue weighted by Gasteiger charge is 2.10. The van der Waals surface area contributed by atoms with E-state index in [-0.39, 0.29) is 12.3 Å². The van der Waals surface area contributed by atoms with Crippen molar-refractivity contribution in [2.45, 2.75) is 19.4 Å². The Kier molecular flexibility index (Phi) is 5.36. The summed E-state index contributed by atoms with van der Waals surface area (Å²) in [5.74, 6) is 1.62. The average molecular weight is 338 g/mol. The smallest absolute Gasteiger partial charge is 0.227 e. The summed E-state index contributed by atoms with van der Waals surface area (Å²) in [5.41, 5.74) is 1.80. The van der Waals surface area contributed by atoms with Crippen molar-refractivity contribution >= 4 is 5.91 Å². The molecule has 3 aromatic rings. The molecule has 128 valence electrons. The molecule has 0 fully saturated rings. The summed E-state index contributed by atoms with van der Waals surface area (Å²) in [7, 11) is 1.61. The fraction of sp³-hybridized carbons (Fsp3) is 0.222. The van der Waals surface area contributed by atoms with Gasteiger partial charge in [0.1, 0.15) is 5.75 Å².